The van der Waals surface area contributed by atoms with Gasteiger partial charge in [0.2, 0.25) is 0 Å². The van der Waals surface area contributed by atoms with E-state index in [1.54, 1.807) is 0 Å². The summed E-state index contributed by atoms with van der Waals surface area (Å²) in [6.07, 6.45) is 0. The highest BCUT2D eigenvalue weighted by Gasteiger charge is 2.14. The summed E-state index contributed by atoms with van der Waals surface area (Å²) in [6, 6.07) is 9.35. The summed E-state index contributed by atoms with van der Waals surface area (Å²) in [6.45, 7) is 0. The van der Waals surface area contributed by atoms with E-state index in [1.165, 1.54) is 0 Å². The summed E-state index contributed by atoms with van der Waals surface area (Å²) < 4.78 is 6.70. The number of hydrogen-bond donors (Lipinski definition) is 0. The summed E-state index contributed by atoms with van der Waals surface area (Å²) in [7, 11) is 0. The lowest BCUT2D eigenvalue weighted by Crippen LogP contribution is -1.76. The fourth-order valence-electron chi connectivity index (χ4n) is 1.80. The molecule has 2 aromatic carbocycles. The number of fused-ring (bicyclic) bond motifs is 3. The van der Waals surface area contributed by atoms with Gasteiger partial charge in [0.1, 0.15) is 11.2 Å². The molecule has 0 aliphatic carbocycles. The van der Waals surface area contributed by atoms with Gasteiger partial charge in [-0.1, -0.05) is 29.3 Å². The lowest BCUT2D eigenvalue weighted by Gasteiger charge is -1.97. The Bertz CT molecular complexity index is 703. The van der Waals surface area contributed by atoms with Crippen molar-refractivity contribution in [2.45, 2.75) is 0 Å². The third-order valence-corrected chi connectivity index (χ3v) is 4.57. The van der Waals surface area contributed by atoms with Crippen molar-refractivity contribution in [3.63, 3.8) is 0 Å². The zero-order valence-corrected chi connectivity index (χ0v) is 11.6. The molecule has 0 bridgehead atoms. The molecule has 0 amide bonds. The van der Waals surface area contributed by atoms with Crippen LogP contribution in [-0.2, 0) is 0 Å². The highest BCUT2D eigenvalue weighted by Crippen LogP contribution is 2.38. The van der Waals surface area contributed by atoms with Gasteiger partial charge in [-0.2, -0.15) is 0 Å². The molecule has 3 aromatic rings. The Morgan fingerprint density at radius 1 is 0.875 bits per heavy atom. The van der Waals surface area contributed by atoms with Gasteiger partial charge in [0.15, 0.2) is 0 Å². The number of hydrogen-bond acceptors (Lipinski definition) is 1. The van der Waals surface area contributed by atoms with Gasteiger partial charge in [-0.05, 0) is 46.9 Å². The van der Waals surface area contributed by atoms with Gasteiger partial charge in [0.25, 0.3) is 0 Å². The van der Waals surface area contributed by atoms with E-state index in [9.17, 15) is 0 Å². The van der Waals surface area contributed by atoms with Crippen molar-refractivity contribution in [3.8, 4) is 0 Å². The number of halogens is 3. The summed E-state index contributed by atoms with van der Waals surface area (Å²) >= 11 is 14.5. The smallest absolute Gasteiger partial charge is 0.136 e. The Kier molecular flexibility index (Phi) is 2.53. The second-order valence-electron chi connectivity index (χ2n) is 3.45. The minimum Gasteiger partial charge on any atom is -0.456 e. The van der Waals surface area contributed by atoms with Crippen LogP contribution < -0.4 is 0 Å². The van der Waals surface area contributed by atoms with E-state index in [-0.39, 0.29) is 0 Å². The summed E-state index contributed by atoms with van der Waals surface area (Å²) in [5.74, 6) is 0. The topological polar surface area (TPSA) is 13.1 Å². The van der Waals surface area contributed by atoms with Crippen LogP contribution in [-0.4, -0.2) is 0 Å². The molecule has 0 atom stereocenters. The predicted molar refractivity (Wildman–Crippen MR) is 76.5 cm³/mol. The van der Waals surface area contributed by atoms with Crippen molar-refractivity contribution in [2.24, 2.45) is 0 Å². The molecular weight excluding hydrogens is 358 g/mol. The molecule has 0 radical (unpaired) electrons. The summed E-state index contributed by atoms with van der Waals surface area (Å²) in [5, 5.41) is 3.34. The molecule has 0 fully saturated rings. The average Bonchev–Trinajstić information content (AvgIpc) is 2.64. The van der Waals surface area contributed by atoms with Gasteiger partial charge in [-0.3, -0.25) is 0 Å². The summed E-state index contributed by atoms with van der Waals surface area (Å²) in [4.78, 5) is 0. The maximum atomic E-state index is 6.20. The number of rotatable bonds is 0. The molecule has 0 unspecified atom stereocenters. The minimum absolute atomic E-state index is 0.691. The lowest BCUT2D eigenvalue weighted by atomic mass is 10.1. The highest BCUT2D eigenvalue weighted by molar-refractivity contribution is 14.1. The van der Waals surface area contributed by atoms with Gasteiger partial charge in [-0.25, -0.2) is 0 Å². The van der Waals surface area contributed by atoms with E-state index < -0.39 is 0 Å². The Morgan fingerprint density at radius 3 is 2.44 bits per heavy atom. The number of furan rings is 1. The first-order chi connectivity index (χ1) is 7.68. The standard InChI is InChI=1S/C12H5Cl2IO/c13-6-2-1-3-8-10(6)11-9(16-8)5-4-7(14)12(11)15/h1-5H. The average molecular weight is 363 g/mol. The van der Waals surface area contributed by atoms with Gasteiger partial charge >= 0.3 is 0 Å². The Balaban J connectivity index is 2.66. The quantitative estimate of drug-likeness (QED) is 0.481. The van der Waals surface area contributed by atoms with Crippen molar-refractivity contribution in [1.29, 1.82) is 0 Å². The van der Waals surface area contributed by atoms with E-state index >= 15 is 0 Å². The van der Waals surface area contributed by atoms with Gasteiger partial charge < -0.3 is 4.42 Å². The molecule has 0 aliphatic rings. The monoisotopic (exact) mass is 362 g/mol. The molecule has 0 aliphatic heterocycles. The third-order valence-electron chi connectivity index (χ3n) is 2.50. The van der Waals surface area contributed by atoms with Crippen LogP contribution in [0.4, 0.5) is 0 Å². The van der Waals surface area contributed by atoms with Crippen LogP contribution in [0.25, 0.3) is 21.9 Å². The zero-order valence-electron chi connectivity index (χ0n) is 7.93. The van der Waals surface area contributed by atoms with E-state index in [0.717, 1.165) is 30.5 Å². The van der Waals surface area contributed by atoms with Crippen LogP contribution in [0, 0.1) is 3.57 Å². The Labute approximate surface area is 115 Å². The molecule has 80 valence electrons. The third kappa shape index (κ3) is 1.44. The van der Waals surface area contributed by atoms with Crippen LogP contribution in [0.3, 0.4) is 0 Å². The van der Waals surface area contributed by atoms with E-state index in [0.29, 0.717) is 5.02 Å². The molecule has 0 saturated heterocycles. The molecule has 3 rings (SSSR count). The molecule has 1 aromatic heterocycles. The number of benzene rings is 2. The normalized spacial score (nSPS) is 11.4. The van der Waals surface area contributed by atoms with E-state index in [1.807, 2.05) is 30.3 Å². The van der Waals surface area contributed by atoms with Crippen molar-refractivity contribution in [3.05, 3.63) is 43.9 Å². The highest BCUT2D eigenvalue weighted by atomic mass is 127. The SMILES string of the molecule is Clc1ccc2oc3cccc(Cl)c3c2c1I. The molecular formula is C12H5Cl2IO. The molecule has 0 saturated carbocycles. The van der Waals surface area contributed by atoms with E-state index in [2.05, 4.69) is 22.6 Å². The Hall–Kier alpha value is -0.450. The first kappa shape index (κ1) is 10.7. The fourth-order valence-corrected chi connectivity index (χ4v) is 2.93. The van der Waals surface area contributed by atoms with Crippen LogP contribution >= 0.6 is 45.8 Å². The van der Waals surface area contributed by atoms with Crippen LogP contribution in [0.5, 0.6) is 0 Å². The lowest BCUT2D eigenvalue weighted by molar-refractivity contribution is 0.669. The van der Waals surface area contributed by atoms with E-state index in [4.69, 9.17) is 27.6 Å². The van der Waals surface area contributed by atoms with Crippen LogP contribution in [0.15, 0.2) is 34.7 Å². The maximum Gasteiger partial charge on any atom is 0.136 e. The maximum absolute atomic E-state index is 6.20. The van der Waals surface area contributed by atoms with Gasteiger partial charge in [0.05, 0.1) is 10.0 Å². The van der Waals surface area contributed by atoms with Crippen molar-refractivity contribution >= 4 is 67.7 Å². The largest absolute Gasteiger partial charge is 0.456 e. The molecule has 1 heterocycles. The fraction of sp³-hybridized carbons (Fsp3) is 0. The second kappa shape index (κ2) is 3.79. The molecule has 4 heteroatoms. The Morgan fingerprint density at radius 2 is 1.62 bits per heavy atom. The van der Waals surface area contributed by atoms with Crippen molar-refractivity contribution in [1.82, 2.24) is 0 Å². The predicted octanol–water partition coefficient (Wildman–Crippen LogP) is 5.50. The minimum atomic E-state index is 0.691. The molecule has 16 heavy (non-hydrogen) atoms. The van der Waals surface area contributed by atoms with Gasteiger partial charge in [-0.15, -0.1) is 0 Å². The zero-order chi connectivity index (χ0) is 11.3. The molecule has 0 spiro atoms. The van der Waals surface area contributed by atoms with Gasteiger partial charge in [0, 0.05) is 14.3 Å². The second-order valence-corrected chi connectivity index (χ2v) is 5.34. The summed E-state index contributed by atoms with van der Waals surface area (Å²) in [5.41, 5.74) is 1.61. The van der Waals surface area contributed by atoms with Crippen LogP contribution in [0.2, 0.25) is 10.0 Å². The van der Waals surface area contributed by atoms with Crippen molar-refractivity contribution < 1.29 is 4.42 Å². The van der Waals surface area contributed by atoms with Crippen LogP contribution in [0.1, 0.15) is 0 Å². The molecule has 0 N–H and O–H groups in total. The first-order valence-electron chi connectivity index (χ1n) is 4.63. The molecule has 1 nitrogen and oxygen atoms in total. The first-order valence-corrected chi connectivity index (χ1v) is 6.46. The van der Waals surface area contributed by atoms with Crippen molar-refractivity contribution in [2.75, 3.05) is 0 Å².